The molecular formula is C18H21N3O3. The van der Waals surface area contributed by atoms with Gasteiger partial charge in [0.1, 0.15) is 5.76 Å². The molecule has 1 aliphatic rings. The van der Waals surface area contributed by atoms with E-state index >= 15 is 0 Å². The Morgan fingerprint density at radius 3 is 2.71 bits per heavy atom. The molecule has 3 rings (SSSR count). The van der Waals surface area contributed by atoms with Gasteiger partial charge in [-0.05, 0) is 17.7 Å². The van der Waals surface area contributed by atoms with Crippen molar-refractivity contribution in [2.75, 3.05) is 13.6 Å². The van der Waals surface area contributed by atoms with Crippen LogP contribution < -0.4 is 10.6 Å². The first kappa shape index (κ1) is 16.1. The van der Waals surface area contributed by atoms with Crippen molar-refractivity contribution in [3.8, 4) is 0 Å². The fourth-order valence-electron chi connectivity index (χ4n) is 3.15. The van der Waals surface area contributed by atoms with Crippen LogP contribution in [0.25, 0.3) is 0 Å². The normalized spacial score (nSPS) is 20.2. The molecule has 2 heterocycles. The largest absolute Gasteiger partial charge is 0.467 e. The number of urea groups is 1. The molecule has 0 saturated carbocycles. The molecule has 6 nitrogen and oxygen atoms in total. The van der Waals surface area contributed by atoms with Crippen LogP contribution in [0.15, 0.2) is 53.1 Å². The van der Waals surface area contributed by atoms with Gasteiger partial charge in [0.15, 0.2) is 0 Å². The lowest BCUT2D eigenvalue weighted by Crippen LogP contribution is -2.39. The van der Waals surface area contributed by atoms with Gasteiger partial charge in [0.25, 0.3) is 0 Å². The van der Waals surface area contributed by atoms with Gasteiger partial charge < -0.3 is 20.0 Å². The van der Waals surface area contributed by atoms with Crippen LogP contribution in [-0.4, -0.2) is 30.4 Å². The molecule has 2 aromatic rings. The summed E-state index contributed by atoms with van der Waals surface area (Å²) in [7, 11) is 1.82. The van der Waals surface area contributed by atoms with Crippen molar-refractivity contribution in [1.29, 1.82) is 0 Å². The van der Waals surface area contributed by atoms with Crippen molar-refractivity contribution >= 4 is 11.9 Å². The minimum Gasteiger partial charge on any atom is -0.467 e. The average Bonchev–Trinajstić information content (AvgIpc) is 3.21. The Morgan fingerprint density at radius 2 is 2.00 bits per heavy atom. The zero-order valence-electron chi connectivity index (χ0n) is 13.6. The molecule has 2 atom stereocenters. The number of hydrogen-bond acceptors (Lipinski definition) is 3. The topological polar surface area (TPSA) is 74.6 Å². The third-order valence-corrected chi connectivity index (χ3v) is 4.36. The minimum absolute atomic E-state index is 0.0101. The molecule has 0 aliphatic carbocycles. The Morgan fingerprint density at radius 1 is 1.21 bits per heavy atom. The molecule has 1 aliphatic heterocycles. The van der Waals surface area contributed by atoms with E-state index in [4.69, 9.17) is 4.42 Å². The summed E-state index contributed by atoms with van der Waals surface area (Å²) >= 11 is 0. The first-order valence-electron chi connectivity index (χ1n) is 8.00. The zero-order chi connectivity index (χ0) is 16.9. The SMILES string of the molecule is CN1C(=O)C[C@H](CNC(=O)NCc2ccco2)[C@H]1c1ccccc1. The lowest BCUT2D eigenvalue weighted by Gasteiger charge is -2.25. The van der Waals surface area contributed by atoms with Gasteiger partial charge in [-0.1, -0.05) is 30.3 Å². The van der Waals surface area contributed by atoms with Gasteiger partial charge in [-0.25, -0.2) is 4.79 Å². The molecule has 126 valence electrons. The number of furan rings is 1. The van der Waals surface area contributed by atoms with E-state index in [1.54, 1.807) is 23.3 Å². The second kappa shape index (κ2) is 7.21. The van der Waals surface area contributed by atoms with E-state index in [-0.39, 0.29) is 23.9 Å². The predicted molar refractivity (Wildman–Crippen MR) is 89.0 cm³/mol. The Labute approximate surface area is 140 Å². The molecular weight excluding hydrogens is 306 g/mol. The highest BCUT2D eigenvalue weighted by atomic mass is 16.3. The van der Waals surface area contributed by atoms with Crippen molar-refractivity contribution in [2.24, 2.45) is 5.92 Å². The molecule has 0 radical (unpaired) electrons. The molecule has 0 spiro atoms. The van der Waals surface area contributed by atoms with Crippen LogP contribution in [0.2, 0.25) is 0 Å². The quantitative estimate of drug-likeness (QED) is 0.885. The molecule has 1 fully saturated rings. The molecule has 0 bridgehead atoms. The summed E-state index contributed by atoms with van der Waals surface area (Å²) in [4.78, 5) is 25.8. The smallest absolute Gasteiger partial charge is 0.315 e. The lowest BCUT2D eigenvalue weighted by atomic mass is 9.94. The maximum absolute atomic E-state index is 12.1. The maximum Gasteiger partial charge on any atom is 0.315 e. The minimum atomic E-state index is -0.264. The first-order valence-corrected chi connectivity index (χ1v) is 8.00. The van der Waals surface area contributed by atoms with E-state index in [2.05, 4.69) is 10.6 Å². The summed E-state index contributed by atoms with van der Waals surface area (Å²) in [6.07, 6.45) is 2.01. The summed E-state index contributed by atoms with van der Waals surface area (Å²) in [6, 6.07) is 13.2. The van der Waals surface area contributed by atoms with E-state index < -0.39 is 0 Å². The van der Waals surface area contributed by atoms with E-state index in [0.717, 1.165) is 5.56 Å². The molecule has 1 aromatic carbocycles. The number of likely N-dealkylation sites (tertiary alicyclic amines) is 1. The highest BCUT2D eigenvalue weighted by Crippen LogP contribution is 2.36. The Balaban J connectivity index is 1.57. The second-order valence-electron chi connectivity index (χ2n) is 5.97. The number of rotatable bonds is 5. The van der Waals surface area contributed by atoms with Crippen LogP contribution in [0, 0.1) is 5.92 Å². The van der Waals surface area contributed by atoms with Gasteiger partial charge in [-0.3, -0.25) is 4.79 Å². The van der Waals surface area contributed by atoms with Gasteiger partial charge in [0.05, 0.1) is 18.8 Å². The summed E-state index contributed by atoms with van der Waals surface area (Å²) < 4.78 is 5.17. The number of amides is 3. The number of carbonyl (C=O) groups excluding carboxylic acids is 2. The molecule has 3 amide bonds. The monoisotopic (exact) mass is 327 g/mol. The van der Waals surface area contributed by atoms with Gasteiger partial charge in [-0.2, -0.15) is 0 Å². The fourth-order valence-corrected chi connectivity index (χ4v) is 3.15. The van der Waals surface area contributed by atoms with Crippen molar-refractivity contribution < 1.29 is 14.0 Å². The van der Waals surface area contributed by atoms with Gasteiger partial charge >= 0.3 is 6.03 Å². The maximum atomic E-state index is 12.1. The van der Waals surface area contributed by atoms with Crippen molar-refractivity contribution in [2.45, 2.75) is 19.0 Å². The third-order valence-electron chi connectivity index (χ3n) is 4.36. The second-order valence-corrected chi connectivity index (χ2v) is 5.97. The number of nitrogens with one attached hydrogen (secondary N) is 2. The van der Waals surface area contributed by atoms with Gasteiger partial charge in [0, 0.05) is 25.9 Å². The predicted octanol–water partition coefficient (Wildman–Crippen LogP) is 2.30. The first-order chi connectivity index (χ1) is 11.6. The highest BCUT2D eigenvalue weighted by molar-refractivity contribution is 5.80. The van der Waals surface area contributed by atoms with Crippen molar-refractivity contribution in [3.05, 3.63) is 60.1 Å². The standard InChI is InChI=1S/C18H21N3O3/c1-21-16(22)10-14(17(21)13-6-3-2-4-7-13)11-19-18(23)20-12-15-8-5-9-24-15/h2-9,14,17H,10-12H2,1H3,(H2,19,20,23)/t14-,17-/m1/s1. The molecule has 1 saturated heterocycles. The van der Waals surface area contributed by atoms with Gasteiger partial charge in [0.2, 0.25) is 5.91 Å². The van der Waals surface area contributed by atoms with Crippen LogP contribution >= 0.6 is 0 Å². The Kier molecular flexibility index (Phi) is 4.84. The number of benzene rings is 1. The fraction of sp³-hybridized carbons (Fsp3) is 0.333. The van der Waals surface area contributed by atoms with Crippen LogP contribution in [0.4, 0.5) is 4.79 Å². The van der Waals surface area contributed by atoms with Crippen LogP contribution in [-0.2, 0) is 11.3 Å². The number of nitrogens with zero attached hydrogens (tertiary/aromatic N) is 1. The summed E-state index contributed by atoms with van der Waals surface area (Å²) in [5, 5.41) is 5.60. The summed E-state index contributed by atoms with van der Waals surface area (Å²) in [5.74, 6) is 0.856. The molecule has 2 N–H and O–H groups in total. The average molecular weight is 327 g/mol. The molecule has 24 heavy (non-hydrogen) atoms. The molecule has 1 aromatic heterocycles. The van der Waals surface area contributed by atoms with Crippen LogP contribution in [0.1, 0.15) is 23.8 Å². The van der Waals surface area contributed by atoms with Gasteiger partial charge in [-0.15, -0.1) is 0 Å². The van der Waals surface area contributed by atoms with Crippen molar-refractivity contribution in [3.63, 3.8) is 0 Å². The number of carbonyl (C=O) groups is 2. The van der Waals surface area contributed by atoms with Crippen molar-refractivity contribution in [1.82, 2.24) is 15.5 Å². The number of hydrogen-bond donors (Lipinski definition) is 2. The van der Waals surface area contributed by atoms with E-state index in [1.807, 2.05) is 37.4 Å². The van der Waals surface area contributed by atoms with E-state index in [0.29, 0.717) is 25.3 Å². The summed E-state index contributed by atoms with van der Waals surface area (Å²) in [6.45, 7) is 0.782. The van der Waals surface area contributed by atoms with Crippen LogP contribution in [0.3, 0.4) is 0 Å². The van der Waals surface area contributed by atoms with E-state index in [9.17, 15) is 9.59 Å². The Bertz CT molecular complexity index is 685. The third kappa shape index (κ3) is 3.59. The summed E-state index contributed by atoms with van der Waals surface area (Å²) in [5.41, 5.74) is 1.09. The Hall–Kier alpha value is -2.76. The zero-order valence-corrected chi connectivity index (χ0v) is 13.6. The lowest BCUT2D eigenvalue weighted by molar-refractivity contribution is -0.127. The van der Waals surface area contributed by atoms with Crippen LogP contribution in [0.5, 0.6) is 0 Å². The highest BCUT2D eigenvalue weighted by Gasteiger charge is 2.38. The molecule has 0 unspecified atom stereocenters. The molecule has 6 heteroatoms. The van der Waals surface area contributed by atoms with E-state index in [1.165, 1.54) is 0 Å².